The maximum absolute atomic E-state index is 11.9. The molecule has 0 saturated carbocycles. The molecule has 1 heterocycles. The van der Waals surface area contributed by atoms with Crippen molar-refractivity contribution < 1.29 is 9.59 Å². The highest BCUT2D eigenvalue weighted by molar-refractivity contribution is 6.37. The number of ketones is 1. The van der Waals surface area contributed by atoms with Crippen LogP contribution in [-0.2, 0) is 0 Å². The van der Waals surface area contributed by atoms with Gasteiger partial charge in [-0.05, 0) is 18.2 Å². The Labute approximate surface area is 102 Å². The van der Waals surface area contributed by atoms with Crippen molar-refractivity contribution in [1.82, 2.24) is 10.6 Å². The van der Waals surface area contributed by atoms with Gasteiger partial charge in [-0.25, -0.2) is 4.79 Å². The molecular formula is C10H8Cl2N2O2. The van der Waals surface area contributed by atoms with Crippen molar-refractivity contribution in [1.29, 1.82) is 0 Å². The molecule has 1 aliphatic heterocycles. The Morgan fingerprint density at radius 3 is 2.69 bits per heavy atom. The Kier molecular flexibility index (Phi) is 3.03. The van der Waals surface area contributed by atoms with Crippen LogP contribution in [0.3, 0.4) is 0 Å². The van der Waals surface area contributed by atoms with Crippen LogP contribution in [-0.4, -0.2) is 24.4 Å². The van der Waals surface area contributed by atoms with Crippen molar-refractivity contribution in [3.63, 3.8) is 0 Å². The second-order valence-corrected chi connectivity index (χ2v) is 4.24. The molecule has 0 aromatic heterocycles. The summed E-state index contributed by atoms with van der Waals surface area (Å²) in [6.45, 7) is 0.274. The minimum atomic E-state index is -0.564. The minimum absolute atomic E-state index is 0.222. The Bertz CT molecular complexity index is 462. The van der Waals surface area contributed by atoms with Crippen LogP contribution < -0.4 is 10.6 Å². The molecule has 1 fully saturated rings. The highest BCUT2D eigenvalue weighted by atomic mass is 35.5. The lowest BCUT2D eigenvalue weighted by Crippen LogP contribution is -2.34. The Balaban J connectivity index is 2.24. The highest BCUT2D eigenvalue weighted by Gasteiger charge is 2.28. The lowest BCUT2D eigenvalue weighted by Gasteiger charge is -2.08. The fourth-order valence-corrected chi connectivity index (χ4v) is 1.99. The van der Waals surface area contributed by atoms with Gasteiger partial charge in [0.2, 0.25) is 0 Å². The van der Waals surface area contributed by atoms with Crippen LogP contribution >= 0.6 is 23.2 Å². The van der Waals surface area contributed by atoms with E-state index in [0.29, 0.717) is 15.6 Å². The molecule has 1 saturated heterocycles. The van der Waals surface area contributed by atoms with E-state index in [4.69, 9.17) is 23.2 Å². The van der Waals surface area contributed by atoms with Crippen LogP contribution in [0.1, 0.15) is 10.4 Å². The van der Waals surface area contributed by atoms with E-state index in [9.17, 15) is 9.59 Å². The zero-order valence-electron chi connectivity index (χ0n) is 8.09. The molecule has 0 radical (unpaired) electrons. The molecule has 2 rings (SSSR count). The number of benzene rings is 1. The van der Waals surface area contributed by atoms with Crippen LogP contribution in [0.2, 0.25) is 10.0 Å². The first-order chi connectivity index (χ1) is 7.58. The van der Waals surface area contributed by atoms with Gasteiger partial charge in [0, 0.05) is 17.1 Å². The second-order valence-electron chi connectivity index (χ2n) is 3.40. The SMILES string of the molecule is O=C1NCC(C(=O)c2ccc(Cl)cc2Cl)N1. The van der Waals surface area contributed by atoms with Crippen molar-refractivity contribution in [2.75, 3.05) is 6.54 Å². The van der Waals surface area contributed by atoms with Crippen LogP contribution in [0.5, 0.6) is 0 Å². The summed E-state index contributed by atoms with van der Waals surface area (Å²) < 4.78 is 0. The van der Waals surface area contributed by atoms with Crippen molar-refractivity contribution in [2.24, 2.45) is 0 Å². The maximum atomic E-state index is 11.9. The average molecular weight is 259 g/mol. The number of Topliss-reactive ketones (excluding diaryl/α,β-unsaturated/α-hetero) is 1. The Morgan fingerprint density at radius 1 is 1.38 bits per heavy atom. The number of rotatable bonds is 2. The summed E-state index contributed by atoms with van der Waals surface area (Å²) in [5.41, 5.74) is 0.361. The van der Waals surface area contributed by atoms with E-state index in [1.807, 2.05) is 0 Å². The fourth-order valence-electron chi connectivity index (χ4n) is 1.49. The zero-order valence-corrected chi connectivity index (χ0v) is 9.60. The molecule has 0 aliphatic carbocycles. The van der Waals surface area contributed by atoms with Crippen LogP contribution in [0.4, 0.5) is 4.79 Å². The first-order valence-corrected chi connectivity index (χ1v) is 5.37. The largest absolute Gasteiger partial charge is 0.336 e. The van der Waals surface area contributed by atoms with Crippen molar-refractivity contribution in [2.45, 2.75) is 6.04 Å². The summed E-state index contributed by atoms with van der Waals surface area (Å²) in [6.07, 6.45) is 0. The molecule has 1 aromatic carbocycles. The third-order valence-corrected chi connectivity index (χ3v) is 2.83. The zero-order chi connectivity index (χ0) is 11.7. The quantitative estimate of drug-likeness (QED) is 0.796. The molecule has 6 heteroatoms. The first kappa shape index (κ1) is 11.2. The second kappa shape index (κ2) is 4.31. The van der Waals surface area contributed by atoms with Crippen LogP contribution in [0.15, 0.2) is 18.2 Å². The minimum Gasteiger partial charge on any atom is -0.336 e. The summed E-state index contributed by atoms with van der Waals surface area (Å²) in [6, 6.07) is 3.73. The van der Waals surface area contributed by atoms with E-state index >= 15 is 0 Å². The number of carbonyl (C=O) groups excluding carboxylic acids is 2. The number of amides is 2. The molecule has 0 spiro atoms. The van der Waals surface area contributed by atoms with Gasteiger partial charge in [-0.3, -0.25) is 4.79 Å². The van der Waals surface area contributed by atoms with Gasteiger partial charge in [0.15, 0.2) is 5.78 Å². The van der Waals surface area contributed by atoms with Gasteiger partial charge in [0.1, 0.15) is 6.04 Å². The van der Waals surface area contributed by atoms with Gasteiger partial charge < -0.3 is 10.6 Å². The van der Waals surface area contributed by atoms with Gasteiger partial charge in [0.25, 0.3) is 0 Å². The summed E-state index contributed by atoms with van der Waals surface area (Å²) in [4.78, 5) is 22.8. The molecule has 1 unspecified atom stereocenters. The molecule has 84 valence electrons. The van der Waals surface area contributed by atoms with E-state index in [-0.39, 0.29) is 18.4 Å². The summed E-state index contributed by atoms with van der Waals surface area (Å²) in [5, 5.41) is 5.77. The maximum Gasteiger partial charge on any atom is 0.315 e. The third-order valence-electron chi connectivity index (χ3n) is 2.29. The lowest BCUT2D eigenvalue weighted by atomic mass is 10.1. The van der Waals surface area contributed by atoms with Crippen LogP contribution in [0.25, 0.3) is 0 Å². The van der Waals surface area contributed by atoms with Gasteiger partial charge in [-0.2, -0.15) is 0 Å². The van der Waals surface area contributed by atoms with Gasteiger partial charge in [-0.15, -0.1) is 0 Å². The molecular weight excluding hydrogens is 251 g/mol. The molecule has 2 amide bonds. The van der Waals surface area contributed by atoms with Gasteiger partial charge in [0.05, 0.1) is 5.02 Å². The molecule has 0 bridgehead atoms. The van der Waals surface area contributed by atoms with E-state index in [0.717, 1.165) is 0 Å². The first-order valence-electron chi connectivity index (χ1n) is 4.61. The van der Waals surface area contributed by atoms with Gasteiger partial charge in [-0.1, -0.05) is 23.2 Å². The van der Waals surface area contributed by atoms with Crippen molar-refractivity contribution >= 4 is 35.0 Å². The summed E-state index contributed by atoms with van der Waals surface area (Å²) >= 11 is 11.6. The van der Waals surface area contributed by atoms with Gasteiger partial charge >= 0.3 is 6.03 Å². The van der Waals surface area contributed by atoms with E-state index in [1.54, 1.807) is 12.1 Å². The highest BCUT2D eigenvalue weighted by Crippen LogP contribution is 2.22. The molecule has 4 nitrogen and oxygen atoms in total. The van der Waals surface area contributed by atoms with E-state index in [2.05, 4.69) is 10.6 Å². The molecule has 16 heavy (non-hydrogen) atoms. The number of nitrogens with one attached hydrogen (secondary N) is 2. The summed E-state index contributed by atoms with van der Waals surface area (Å²) in [7, 11) is 0. The average Bonchev–Trinajstić information content (AvgIpc) is 2.64. The summed E-state index contributed by atoms with van der Waals surface area (Å²) in [5.74, 6) is -0.222. The van der Waals surface area contributed by atoms with Crippen LogP contribution in [0, 0.1) is 0 Å². The fraction of sp³-hybridized carbons (Fsp3) is 0.200. The number of hydrogen-bond acceptors (Lipinski definition) is 2. The Morgan fingerprint density at radius 2 is 2.12 bits per heavy atom. The van der Waals surface area contributed by atoms with E-state index < -0.39 is 6.04 Å². The molecule has 1 atom stereocenters. The molecule has 2 N–H and O–H groups in total. The standard InChI is InChI=1S/C10H8Cl2N2O2/c11-5-1-2-6(7(12)3-5)9(15)8-4-13-10(16)14-8/h1-3,8H,4H2,(H2,13,14,16). The molecule has 1 aromatic rings. The van der Waals surface area contributed by atoms with Crippen molar-refractivity contribution in [3.8, 4) is 0 Å². The predicted molar refractivity (Wildman–Crippen MR) is 61.1 cm³/mol. The topological polar surface area (TPSA) is 58.2 Å². The number of halogens is 2. The normalized spacial score (nSPS) is 19.1. The monoisotopic (exact) mass is 258 g/mol. The number of urea groups is 1. The predicted octanol–water partition coefficient (Wildman–Crippen LogP) is 1.86. The molecule has 1 aliphatic rings. The Hall–Kier alpha value is -1.26. The van der Waals surface area contributed by atoms with E-state index in [1.165, 1.54) is 6.07 Å². The third kappa shape index (κ3) is 2.13. The lowest BCUT2D eigenvalue weighted by molar-refractivity contribution is 0.0958. The smallest absolute Gasteiger partial charge is 0.315 e. The number of hydrogen-bond donors (Lipinski definition) is 2. The number of carbonyl (C=O) groups is 2. The van der Waals surface area contributed by atoms with Crippen molar-refractivity contribution in [3.05, 3.63) is 33.8 Å².